The largest absolute Gasteiger partial charge is 0.341 e. The summed E-state index contributed by atoms with van der Waals surface area (Å²) in [5.41, 5.74) is 0. The molecule has 3 unspecified atom stereocenters. The highest BCUT2D eigenvalue weighted by Gasteiger charge is 2.33. The van der Waals surface area contributed by atoms with Crippen LogP contribution in [0.1, 0.15) is 27.2 Å². The molecule has 3 rings (SSSR count). The van der Waals surface area contributed by atoms with Gasteiger partial charge in [0.2, 0.25) is 11.8 Å². The van der Waals surface area contributed by atoms with Crippen molar-refractivity contribution in [3.05, 3.63) is 0 Å². The van der Waals surface area contributed by atoms with Gasteiger partial charge in [0.25, 0.3) is 0 Å². The fourth-order valence-electron chi connectivity index (χ4n) is 4.44. The van der Waals surface area contributed by atoms with Crippen molar-refractivity contribution in [1.29, 1.82) is 0 Å². The molecule has 3 saturated heterocycles. The number of hydrogen-bond acceptors (Lipinski definition) is 4. The maximum atomic E-state index is 12.6. The third kappa shape index (κ3) is 4.53. The molecule has 0 saturated carbocycles. The van der Waals surface area contributed by atoms with Gasteiger partial charge in [-0.15, -0.1) is 0 Å². The Labute approximate surface area is 151 Å². The first-order chi connectivity index (χ1) is 11.9. The summed E-state index contributed by atoms with van der Waals surface area (Å²) in [6.45, 7) is 13.9. The van der Waals surface area contributed by atoms with Crippen molar-refractivity contribution in [2.75, 3.05) is 58.9 Å². The Balaban J connectivity index is 1.42. The van der Waals surface area contributed by atoms with Gasteiger partial charge < -0.3 is 15.1 Å². The molecule has 6 nitrogen and oxygen atoms in total. The van der Waals surface area contributed by atoms with E-state index < -0.39 is 0 Å². The van der Waals surface area contributed by atoms with Gasteiger partial charge >= 0.3 is 0 Å². The Hall–Kier alpha value is -1.14. The van der Waals surface area contributed by atoms with Crippen LogP contribution in [0.2, 0.25) is 0 Å². The number of carbonyl (C=O) groups excluding carboxylic acids is 2. The van der Waals surface area contributed by atoms with Gasteiger partial charge in [0.15, 0.2) is 0 Å². The molecule has 2 amide bonds. The van der Waals surface area contributed by atoms with E-state index in [0.717, 1.165) is 52.4 Å². The predicted molar refractivity (Wildman–Crippen MR) is 98.1 cm³/mol. The molecule has 0 aromatic heterocycles. The number of nitrogens with zero attached hydrogens (tertiary/aromatic N) is 3. The standard InChI is InChI=1S/C19H34N4O2/c1-14-8-15(2)12-23(11-14)18(24)13-21-4-6-22(7-5-21)19(25)16(3)17-9-20-10-17/h14-17,20H,4-13H2,1-3H3. The Morgan fingerprint density at radius 1 is 1.00 bits per heavy atom. The van der Waals surface area contributed by atoms with E-state index in [0.29, 0.717) is 24.3 Å². The van der Waals surface area contributed by atoms with E-state index >= 15 is 0 Å². The van der Waals surface area contributed by atoms with Crippen LogP contribution in [0.4, 0.5) is 0 Å². The van der Waals surface area contributed by atoms with E-state index in [2.05, 4.69) is 31.0 Å². The molecule has 142 valence electrons. The predicted octanol–water partition coefficient (Wildman–Crippen LogP) is 0.491. The molecule has 25 heavy (non-hydrogen) atoms. The summed E-state index contributed by atoms with van der Waals surface area (Å²) < 4.78 is 0. The van der Waals surface area contributed by atoms with Gasteiger partial charge in [-0.1, -0.05) is 20.8 Å². The fraction of sp³-hybridized carbons (Fsp3) is 0.895. The summed E-state index contributed by atoms with van der Waals surface area (Å²) in [5.74, 6) is 2.36. The van der Waals surface area contributed by atoms with E-state index in [1.54, 1.807) is 0 Å². The van der Waals surface area contributed by atoms with E-state index in [1.807, 2.05) is 9.80 Å². The summed E-state index contributed by atoms with van der Waals surface area (Å²) in [6.07, 6.45) is 1.22. The molecule has 3 aliphatic heterocycles. The van der Waals surface area contributed by atoms with Gasteiger partial charge in [-0.3, -0.25) is 14.5 Å². The van der Waals surface area contributed by atoms with Gasteiger partial charge in [0, 0.05) is 45.2 Å². The third-order valence-corrected chi connectivity index (χ3v) is 6.17. The van der Waals surface area contributed by atoms with Crippen LogP contribution in [0.25, 0.3) is 0 Å². The second-order valence-electron chi connectivity index (χ2n) is 8.55. The number of carbonyl (C=O) groups is 2. The first-order valence-corrected chi connectivity index (χ1v) is 9.93. The van der Waals surface area contributed by atoms with Gasteiger partial charge in [0.1, 0.15) is 0 Å². The van der Waals surface area contributed by atoms with Crippen molar-refractivity contribution < 1.29 is 9.59 Å². The SMILES string of the molecule is CC1CC(C)CN(C(=O)CN2CCN(C(=O)C(C)C3CNC3)CC2)C1. The molecule has 3 heterocycles. The molecule has 0 radical (unpaired) electrons. The van der Waals surface area contributed by atoms with Crippen molar-refractivity contribution in [3.8, 4) is 0 Å². The minimum Gasteiger partial charge on any atom is -0.341 e. The van der Waals surface area contributed by atoms with Gasteiger partial charge in [0.05, 0.1) is 6.54 Å². The smallest absolute Gasteiger partial charge is 0.236 e. The second kappa shape index (κ2) is 8.04. The molecule has 0 aromatic carbocycles. The monoisotopic (exact) mass is 350 g/mol. The fourth-order valence-corrected chi connectivity index (χ4v) is 4.44. The quantitative estimate of drug-likeness (QED) is 0.802. The van der Waals surface area contributed by atoms with Crippen molar-refractivity contribution >= 4 is 11.8 Å². The molecule has 0 aliphatic carbocycles. The van der Waals surface area contributed by atoms with E-state index in [4.69, 9.17) is 0 Å². The highest BCUT2D eigenvalue weighted by molar-refractivity contribution is 5.80. The first kappa shape index (κ1) is 18.6. The number of piperidine rings is 1. The zero-order chi connectivity index (χ0) is 18.0. The second-order valence-corrected chi connectivity index (χ2v) is 8.55. The number of hydrogen-bond donors (Lipinski definition) is 1. The van der Waals surface area contributed by atoms with Crippen molar-refractivity contribution in [2.24, 2.45) is 23.7 Å². The number of amides is 2. The third-order valence-electron chi connectivity index (χ3n) is 6.17. The Bertz CT molecular complexity index is 476. The lowest BCUT2D eigenvalue weighted by molar-refractivity contribution is -0.140. The van der Waals surface area contributed by atoms with Gasteiger partial charge in [-0.25, -0.2) is 0 Å². The zero-order valence-electron chi connectivity index (χ0n) is 16.0. The van der Waals surface area contributed by atoms with Crippen LogP contribution in [0.3, 0.4) is 0 Å². The van der Waals surface area contributed by atoms with Crippen LogP contribution in [0.15, 0.2) is 0 Å². The maximum absolute atomic E-state index is 12.6. The molecule has 0 spiro atoms. The maximum Gasteiger partial charge on any atom is 0.236 e. The van der Waals surface area contributed by atoms with E-state index in [-0.39, 0.29) is 17.7 Å². The number of likely N-dealkylation sites (tertiary alicyclic amines) is 1. The van der Waals surface area contributed by atoms with Crippen molar-refractivity contribution in [1.82, 2.24) is 20.0 Å². The minimum atomic E-state index is 0.116. The molecule has 1 N–H and O–H groups in total. The molecule has 3 atom stereocenters. The summed E-state index contributed by atoms with van der Waals surface area (Å²) >= 11 is 0. The topological polar surface area (TPSA) is 55.9 Å². The van der Waals surface area contributed by atoms with E-state index in [1.165, 1.54) is 6.42 Å². The van der Waals surface area contributed by atoms with Crippen LogP contribution in [0.5, 0.6) is 0 Å². The Morgan fingerprint density at radius 3 is 2.12 bits per heavy atom. The Kier molecular flexibility index (Phi) is 6.00. The molecular formula is C19H34N4O2. The normalized spacial score (nSPS) is 30.0. The minimum absolute atomic E-state index is 0.116. The lowest BCUT2D eigenvalue weighted by Crippen LogP contribution is -2.56. The number of nitrogens with one attached hydrogen (secondary N) is 1. The average Bonchev–Trinajstić information content (AvgIpc) is 2.52. The molecular weight excluding hydrogens is 316 g/mol. The van der Waals surface area contributed by atoms with Crippen LogP contribution in [0, 0.1) is 23.7 Å². The summed E-state index contributed by atoms with van der Waals surface area (Å²) in [4.78, 5) is 31.5. The highest BCUT2D eigenvalue weighted by atomic mass is 16.2. The molecule has 6 heteroatoms. The molecule has 0 bridgehead atoms. The van der Waals surface area contributed by atoms with Crippen molar-refractivity contribution in [2.45, 2.75) is 27.2 Å². The van der Waals surface area contributed by atoms with Crippen LogP contribution >= 0.6 is 0 Å². The lowest BCUT2D eigenvalue weighted by Gasteiger charge is -2.40. The summed E-state index contributed by atoms with van der Waals surface area (Å²) in [7, 11) is 0. The lowest BCUT2D eigenvalue weighted by atomic mass is 9.88. The average molecular weight is 351 g/mol. The highest BCUT2D eigenvalue weighted by Crippen LogP contribution is 2.22. The summed E-state index contributed by atoms with van der Waals surface area (Å²) in [5, 5.41) is 3.24. The zero-order valence-corrected chi connectivity index (χ0v) is 16.0. The Morgan fingerprint density at radius 2 is 1.60 bits per heavy atom. The molecule has 0 aromatic rings. The molecule has 3 fully saturated rings. The molecule has 3 aliphatic rings. The van der Waals surface area contributed by atoms with Gasteiger partial charge in [-0.2, -0.15) is 0 Å². The summed E-state index contributed by atoms with van der Waals surface area (Å²) in [6, 6.07) is 0. The van der Waals surface area contributed by atoms with Crippen molar-refractivity contribution in [3.63, 3.8) is 0 Å². The van der Waals surface area contributed by atoms with E-state index in [9.17, 15) is 9.59 Å². The van der Waals surface area contributed by atoms with Gasteiger partial charge in [-0.05, 0) is 37.3 Å². The number of rotatable bonds is 4. The first-order valence-electron chi connectivity index (χ1n) is 9.93. The number of piperazine rings is 1. The van der Waals surface area contributed by atoms with Crippen LogP contribution < -0.4 is 5.32 Å². The van der Waals surface area contributed by atoms with Crippen LogP contribution in [-0.2, 0) is 9.59 Å². The van der Waals surface area contributed by atoms with Crippen LogP contribution in [-0.4, -0.2) is 85.4 Å².